The molecule has 4 nitrogen and oxygen atoms in total. The van der Waals surface area contributed by atoms with E-state index in [1.54, 1.807) is 6.92 Å². The highest BCUT2D eigenvalue weighted by atomic mass is 127. The first kappa shape index (κ1) is 27.0. The first-order valence-electron chi connectivity index (χ1n) is 9.17. The number of hydrogen-bond donors (Lipinski definition) is 1. The molecule has 0 bridgehead atoms. The highest BCUT2D eigenvalue weighted by Gasteiger charge is 2.51. The molecule has 0 aliphatic rings. The Kier molecular flexibility index (Phi) is 10.9. The summed E-state index contributed by atoms with van der Waals surface area (Å²) in [4.78, 5) is 0. The van der Waals surface area contributed by atoms with E-state index < -0.39 is 17.4 Å². The molecule has 3 aromatic rings. The SMILES string of the molecule is CCOS(=O)(=O)C[P+](c1ccccc1)(c1ccccc1)c1ccccc1NC.P.[I-]. The highest BCUT2D eigenvalue weighted by Crippen LogP contribution is 2.57. The van der Waals surface area contributed by atoms with Crippen LogP contribution in [0.4, 0.5) is 5.69 Å². The molecule has 0 saturated heterocycles. The third-order valence-electron chi connectivity index (χ3n) is 4.63. The molecule has 1 unspecified atom stereocenters. The summed E-state index contributed by atoms with van der Waals surface area (Å²) in [6.07, 6.45) is 0. The van der Waals surface area contributed by atoms with Gasteiger partial charge < -0.3 is 29.3 Å². The van der Waals surface area contributed by atoms with E-state index >= 15 is 0 Å². The fourth-order valence-corrected chi connectivity index (χ4v) is 10.9. The van der Waals surface area contributed by atoms with E-state index in [-0.39, 0.29) is 46.0 Å². The van der Waals surface area contributed by atoms with E-state index in [1.807, 2.05) is 92.0 Å². The van der Waals surface area contributed by atoms with E-state index in [4.69, 9.17) is 4.18 Å². The number of halogens is 1. The van der Waals surface area contributed by atoms with Gasteiger partial charge in [0.1, 0.15) is 23.2 Å². The van der Waals surface area contributed by atoms with Gasteiger partial charge in [-0.05, 0) is 43.3 Å². The average molecular weight is 575 g/mol. The standard InChI is InChI=1S/C22H25NO3PS.HI.H3P/c1-3-26-28(24,25)18-27(19-12-6-4-7-13-19,20-14-8-5-9-15-20)22-17-11-10-16-21(22)23-2;;/h4-17,23H,3,18H2,1-2H3;1H;1H3/q+1;;/p-1. The maximum absolute atomic E-state index is 13.0. The molecular formula is C22H28INO3P2S. The fourth-order valence-electron chi connectivity index (χ4n) is 3.48. The third kappa shape index (κ3) is 5.80. The van der Waals surface area contributed by atoms with Crippen molar-refractivity contribution < 1.29 is 36.6 Å². The molecule has 162 valence electrons. The molecule has 0 aliphatic heterocycles. The number of anilines is 1. The summed E-state index contributed by atoms with van der Waals surface area (Å²) in [5.41, 5.74) is 0.843. The van der Waals surface area contributed by atoms with Crippen molar-refractivity contribution in [3.05, 3.63) is 84.9 Å². The summed E-state index contributed by atoms with van der Waals surface area (Å²) in [5.74, 6) is 0. The first-order valence-corrected chi connectivity index (χ1v) is 12.7. The minimum atomic E-state index is -3.74. The average Bonchev–Trinajstić information content (AvgIpc) is 2.73. The van der Waals surface area contributed by atoms with Gasteiger partial charge in [0.15, 0.2) is 5.49 Å². The zero-order valence-electron chi connectivity index (χ0n) is 17.2. The van der Waals surface area contributed by atoms with E-state index in [2.05, 4.69) is 5.32 Å². The van der Waals surface area contributed by atoms with Crippen LogP contribution in [0.5, 0.6) is 0 Å². The first-order chi connectivity index (χ1) is 13.5. The molecule has 0 radical (unpaired) electrons. The summed E-state index contributed by atoms with van der Waals surface area (Å²) < 4.78 is 31.1. The van der Waals surface area contributed by atoms with Gasteiger partial charge in [-0.1, -0.05) is 48.5 Å². The van der Waals surface area contributed by atoms with Gasteiger partial charge in [-0.3, -0.25) is 4.18 Å². The van der Waals surface area contributed by atoms with Crippen molar-refractivity contribution in [2.45, 2.75) is 6.92 Å². The lowest BCUT2D eigenvalue weighted by Crippen LogP contribution is -3.00. The number of para-hydroxylation sites is 1. The van der Waals surface area contributed by atoms with Gasteiger partial charge in [-0.2, -0.15) is 18.3 Å². The Morgan fingerprint density at radius 2 is 1.30 bits per heavy atom. The molecular weight excluding hydrogens is 547 g/mol. The zero-order chi connectivity index (χ0) is 20.0. The van der Waals surface area contributed by atoms with Crippen molar-refractivity contribution in [1.29, 1.82) is 0 Å². The Hall–Kier alpha value is -1.04. The third-order valence-corrected chi connectivity index (χ3v) is 11.6. The predicted molar refractivity (Wildman–Crippen MR) is 131 cm³/mol. The van der Waals surface area contributed by atoms with Crippen LogP contribution >= 0.6 is 17.2 Å². The lowest BCUT2D eigenvalue weighted by Gasteiger charge is -2.28. The van der Waals surface area contributed by atoms with Gasteiger partial charge in [-0.15, -0.1) is 0 Å². The number of benzene rings is 3. The lowest BCUT2D eigenvalue weighted by molar-refractivity contribution is -0.00000963. The Morgan fingerprint density at radius 1 is 0.833 bits per heavy atom. The predicted octanol–water partition coefficient (Wildman–Crippen LogP) is 0.408. The summed E-state index contributed by atoms with van der Waals surface area (Å²) >= 11 is 0. The van der Waals surface area contributed by atoms with Crippen molar-refractivity contribution in [1.82, 2.24) is 0 Å². The van der Waals surface area contributed by atoms with Crippen LogP contribution < -0.4 is 45.2 Å². The molecule has 0 amide bonds. The van der Waals surface area contributed by atoms with Crippen LogP contribution in [-0.4, -0.2) is 27.6 Å². The Balaban J connectivity index is 0.00000225. The van der Waals surface area contributed by atoms with Crippen LogP contribution in [0.1, 0.15) is 6.92 Å². The van der Waals surface area contributed by atoms with E-state index in [0.29, 0.717) is 0 Å². The van der Waals surface area contributed by atoms with Crippen molar-refractivity contribution in [2.24, 2.45) is 0 Å². The second kappa shape index (κ2) is 12.1. The summed E-state index contributed by atoms with van der Waals surface area (Å²) in [5, 5.41) is 6.26. The van der Waals surface area contributed by atoms with Crippen LogP contribution in [0.2, 0.25) is 0 Å². The largest absolute Gasteiger partial charge is 1.00 e. The Bertz CT molecular complexity index is 979. The number of nitrogens with one attached hydrogen (secondary N) is 1. The van der Waals surface area contributed by atoms with Gasteiger partial charge in [0.05, 0.1) is 12.3 Å². The summed E-state index contributed by atoms with van der Waals surface area (Å²) in [6.45, 7) is 1.82. The van der Waals surface area contributed by atoms with Gasteiger partial charge in [-0.25, -0.2) is 0 Å². The van der Waals surface area contributed by atoms with Crippen LogP contribution in [0.15, 0.2) is 84.9 Å². The minimum Gasteiger partial charge on any atom is -1.00 e. The van der Waals surface area contributed by atoms with Crippen molar-refractivity contribution in [3.63, 3.8) is 0 Å². The molecule has 0 spiro atoms. The second-order valence-electron chi connectivity index (χ2n) is 6.34. The van der Waals surface area contributed by atoms with Crippen molar-refractivity contribution in [2.75, 3.05) is 24.5 Å². The number of rotatable bonds is 8. The smallest absolute Gasteiger partial charge is 0.303 e. The summed E-state index contributed by atoms with van der Waals surface area (Å²) in [7, 11) is -4.41. The van der Waals surface area contributed by atoms with Crippen LogP contribution in [0.3, 0.4) is 0 Å². The second-order valence-corrected chi connectivity index (χ2v) is 11.9. The van der Waals surface area contributed by atoms with Crippen molar-refractivity contribution in [3.8, 4) is 0 Å². The highest BCUT2D eigenvalue weighted by molar-refractivity contribution is 8.07. The Labute approximate surface area is 200 Å². The molecule has 0 aromatic heterocycles. The number of hydrogen-bond acceptors (Lipinski definition) is 4. The molecule has 3 aromatic carbocycles. The van der Waals surface area contributed by atoms with E-state index in [0.717, 1.165) is 21.6 Å². The lowest BCUT2D eigenvalue weighted by atomic mass is 10.3. The van der Waals surface area contributed by atoms with Gasteiger partial charge in [0.25, 0.3) is 0 Å². The topological polar surface area (TPSA) is 55.4 Å². The molecule has 30 heavy (non-hydrogen) atoms. The van der Waals surface area contributed by atoms with Crippen LogP contribution in [0.25, 0.3) is 0 Å². The maximum Gasteiger partial charge on any atom is 0.303 e. The molecule has 8 heteroatoms. The van der Waals surface area contributed by atoms with Crippen molar-refractivity contribution >= 4 is 48.9 Å². The van der Waals surface area contributed by atoms with E-state index in [9.17, 15) is 8.42 Å². The molecule has 0 heterocycles. The zero-order valence-corrected chi connectivity index (χ0v) is 22.4. The van der Waals surface area contributed by atoms with Crippen LogP contribution in [-0.2, 0) is 14.3 Å². The quantitative estimate of drug-likeness (QED) is 0.241. The monoisotopic (exact) mass is 575 g/mol. The molecule has 1 N–H and O–H groups in total. The molecule has 0 saturated carbocycles. The molecule has 1 atom stereocenters. The minimum absolute atomic E-state index is 0. The molecule has 0 fully saturated rings. The maximum atomic E-state index is 13.0. The summed E-state index contributed by atoms with van der Waals surface area (Å²) in [6, 6.07) is 27.8. The van der Waals surface area contributed by atoms with Gasteiger partial charge >= 0.3 is 10.1 Å². The Morgan fingerprint density at radius 3 is 1.77 bits per heavy atom. The fraction of sp³-hybridized carbons (Fsp3) is 0.182. The molecule has 3 rings (SSSR count). The van der Waals surface area contributed by atoms with Gasteiger partial charge in [0.2, 0.25) is 0 Å². The normalized spacial score (nSPS) is 11.1. The molecule has 0 aliphatic carbocycles. The van der Waals surface area contributed by atoms with Gasteiger partial charge in [0, 0.05) is 7.05 Å². The van der Waals surface area contributed by atoms with Crippen LogP contribution in [0, 0.1) is 0 Å². The van der Waals surface area contributed by atoms with E-state index in [1.165, 1.54) is 0 Å².